The smallest absolute Gasteiger partial charge is 0.285 e. The molecule has 0 aliphatic carbocycles. The predicted octanol–water partition coefficient (Wildman–Crippen LogP) is 3.37. The van der Waals surface area contributed by atoms with Gasteiger partial charge < -0.3 is 16.2 Å². The molecular weight excluding hydrogens is 549 g/mol. The average molecular weight is 574 g/mol. The molecule has 12 heteroatoms. The molecule has 0 saturated carbocycles. The lowest BCUT2D eigenvalue weighted by Gasteiger charge is -2.24. The minimum Gasteiger partial charge on any atom is -0.391 e. The number of amides is 1. The second kappa shape index (κ2) is 11.5. The van der Waals surface area contributed by atoms with Crippen LogP contribution in [0.2, 0.25) is 10.0 Å². The minimum atomic E-state index is -4.28. The van der Waals surface area contributed by atoms with Gasteiger partial charge in [0.2, 0.25) is 11.9 Å². The highest BCUT2D eigenvalue weighted by Gasteiger charge is 2.34. The molecule has 3 aromatic rings. The second-order valence-electron chi connectivity index (χ2n) is 8.65. The fourth-order valence-corrected chi connectivity index (χ4v) is 5.16. The van der Waals surface area contributed by atoms with Gasteiger partial charge in [0.05, 0.1) is 23.3 Å². The van der Waals surface area contributed by atoms with Crippen molar-refractivity contribution >= 4 is 50.8 Å². The molecule has 0 radical (unpaired) electrons. The van der Waals surface area contributed by atoms with Gasteiger partial charge in [-0.2, -0.15) is 13.5 Å². The quantitative estimate of drug-likeness (QED) is 0.292. The number of aliphatic hydroxyl groups excluding tert-OH is 1. The molecule has 1 amide bonds. The Kier molecular flexibility index (Phi) is 8.37. The fraction of sp³-hybridized carbons (Fsp3) is 0.192. The number of nitrogens with zero attached hydrogens (tertiary/aromatic N) is 3. The molecule has 0 bridgehead atoms. The molecule has 0 aromatic heterocycles. The van der Waals surface area contributed by atoms with Crippen LogP contribution in [0, 0.1) is 0 Å². The Morgan fingerprint density at radius 2 is 1.63 bits per heavy atom. The Morgan fingerprint density at radius 1 is 1.05 bits per heavy atom. The van der Waals surface area contributed by atoms with Crippen molar-refractivity contribution in [3.05, 3.63) is 100 Å². The van der Waals surface area contributed by atoms with Gasteiger partial charge in [-0.05, 0) is 54.4 Å². The maximum absolute atomic E-state index is 13.2. The van der Waals surface area contributed by atoms with E-state index in [4.69, 9.17) is 34.0 Å². The third-order valence-electron chi connectivity index (χ3n) is 5.89. The van der Waals surface area contributed by atoms with Crippen molar-refractivity contribution < 1.29 is 18.3 Å². The van der Waals surface area contributed by atoms with Gasteiger partial charge in [0.15, 0.2) is 0 Å². The zero-order valence-corrected chi connectivity index (χ0v) is 22.5. The van der Waals surface area contributed by atoms with E-state index in [1.54, 1.807) is 12.1 Å². The molecule has 2 unspecified atom stereocenters. The molecule has 0 fully saturated rings. The third-order valence-corrected chi connectivity index (χ3v) is 7.68. The molecule has 4 rings (SSSR count). The van der Waals surface area contributed by atoms with Crippen LogP contribution in [0.1, 0.15) is 24.0 Å². The number of benzene rings is 3. The van der Waals surface area contributed by atoms with Crippen LogP contribution in [0.3, 0.4) is 0 Å². The number of halogens is 2. The molecule has 0 spiro atoms. The van der Waals surface area contributed by atoms with Crippen LogP contribution in [0.15, 0.2) is 93.3 Å². The third kappa shape index (κ3) is 6.33. The average Bonchev–Trinajstić information content (AvgIpc) is 3.33. The molecule has 1 aliphatic heterocycles. The number of carbonyl (C=O) groups excluding carboxylic acids is 1. The fourth-order valence-electron chi connectivity index (χ4n) is 3.95. The Morgan fingerprint density at radius 3 is 2.18 bits per heavy atom. The highest BCUT2D eigenvalue weighted by Crippen LogP contribution is 2.30. The van der Waals surface area contributed by atoms with Crippen LogP contribution in [0.4, 0.5) is 0 Å². The Hall–Kier alpha value is -3.44. The SMILES string of the molecule is CC(O)C(N/C(=N\S(=O)(=O)c1ccc(Cl)cc1)N1C[C@@H](c2ccccc2)C(c2ccc(Cl)cc2)=N1)C(N)=O. The normalized spacial score (nSPS) is 17.6. The number of nitrogens with one attached hydrogen (secondary N) is 1. The number of sulfonamides is 1. The van der Waals surface area contributed by atoms with Crippen molar-refractivity contribution in [1.29, 1.82) is 0 Å². The topological polar surface area (TPSA) is 137 Å². The molecule has 38 heavy (non-hydrogen) atoms. The van der Waals surface area contributed by atoms with Crippen molar-refractivity contribution in [3.8, 4) is 0 Å². The monoisotopic (exact) mass is 573 g/mol. The summed E-state index contributed by atoms with van der Waals surface area (Å²) in [5.74, 6) is -1.44. The first-order chi connectivity index (χ1) is 18.0. The lowest BCUT2D eigenvalue weighted by Crippen LogP contribution is -2.54. The summed E-state index contributed by atoms with van der Waals surface area (Å²) in [7, 11) is -4.28. The van der Waals surface area contributed by atoms with Gasteiger partial charge >= 0.3 is 0 Å². The Balaban J connectivity index is 1.82. The number of guanidine groups is 1. The van der Waals surface area contributed by atoms with Crippen molar-refractivity contribution in [2.24, 2.45) is 15.2 Å². The number of hydrazone groups is 1. The molecule has 4 N–H and O–H groups in total. The molecule has 1 heterocycles. The second-order valence-corrected chi connectivity index (χ2v) is 11.1. The molecule has 1 aliphatic rings. The van der Waals surface area contributed by atoms with E-state index in [2.05, 4.69) is 9.71 Å². The van der Waals surface area contributed by atoms with E-state index in [-0.39, 0.29) is 23.3 Å². The Labute approximate surface area is 230 Å². The van der Waals surface area contributed by atoms with E-state index >= 15 is 0 Å². The summed E-state index contributed by atoms with van der Waals surface area (Å²) < 4.78 is 30.4. The van der Waals surface area contributed by atoms with E-state index in [1.165, 1.54) is 36.2 Å². The lowest BCUT2D eigenvalue weighted by atomic mass is 9.91. The lowest BCUT2D eigenvalue weighted by molar-refractivity contribution is -0.121. The summed E-state index contributed by atoms with van der Waals surface area (Å²) in [6, 6.07) is 20.8. The van der Waals surface area contributed by atoms with Gasteiger partial charge in [-0.25, -0.2) is 5.01 Å². The summed E-state index contributed by atoms with van der Waals surface area (Å²) in [6.07, 6.45) is -1.25. The van der Waals surface area contributed by atoms with Gasteiger partial charge in [-0.15, -0.1) is 4.40 Å². The van der Waals surface area contributed by atoms with Crippen molar-refractivity contribution in [3.63, 3.8) is 0 Å². The molecule has 0 saturated heterocycles. The molecule has 9 nitrogen and oxygen atoms in total. The van der Waals surface area contributed by atoms with Gasteiger partial charge in [0.25, 0.3) is 10.0 Å². The van der Waals surface area contributed by atoms with E-state index in [1.807, 2.05) is 42.5 Å². The first kappa shape index (κ1) is 27.6. The summed E-state index contributed by atoms with van der Waals surface area (Å²) in [5, 5.41) is 19.8. The minimum absolute atomic E-state index is 0.116. The van der Waals surface area contributed by atoms with E-state index < -0.39 is 28.1 Å². The first-order valence-corrected chi connectivity index (χ1v) is 13.8. The van der Waals surface area contributed by atoms with Crippen LogP contribution in [-0.2, 0) is 14.8 Å². The number of hydrogen-bond donors (Lipinski definition) is 3. The maximum atomic E-state index is 13.2. The molecular formula is C26H25Cl2N5O4S. The highest BCUT2D eigenvalue weighted by molar-refractivity contribution is 7.90. The van der Waals surface area contributed by atoms with Crippen molar-refractivity contribution in [2.75, 3.05) is 6.54 Å². The predicted molar refractivity (Wildman–Crippen MR) is 148 cm³/mol. The van der Waals surface area contributed by atoms with Crippen molar-refractivity contribution in [2.45, 2.75) is 29.9 Å². The van der Waals surface area contributed by atoms with Gasteiger partial charge in [-0.3, -0.25) is 4.79 Å². The number of aliphatic hydroxyl groups is 1. The highest BCUT2D eigenvalue weighted by atomic mass is 35.5. The number of hydrogen-bond acceptors (Lipinski definition) is 5. The standard InChI is InChI=1S/C26H25Cl2N5O4S/c1-16(34)23(25(29)35)30-26(32-38(36,37)21-13-11-20(28)12-14-21)33-15-22(17-5-3-2-4-6-17)24(31-33)18-7-9-19(27)10-8-18/h2-14,16,22-23,34H,15H2,1H3,(H2,29,35)(H,30,32)/t16?,22-,23?/m0/s1. The number of rotatable bonds is 7. The van der Waals surface area contributed by atoms with Crippen LogP contribution in [0.5, 0.6) is 0 Å². The van der Waals surface area contributed by atoms with Crippen molar-refractivity contribution in [1.82, 2.24) is 10.3 Å². The van der Waals surface area contributed by atoms with Gasteiger partial charge in [-0.1, -0.05) is 65.7 Å². The van der Waals surface area contributed by atoms with E-state index in [0.29, 0.717) is 15.8 Å². The summed E-state index contributed by atoms with van der Waals surface area (Å²) in [5.41, 5.74) is 7.82. The molecule has 3 aromatic carbocycles. The maximum Gasteiger partial charge on any atom is 0.285 e. The van der Waals surface area contributed by atoms with Crippen LogP contribution >= 0.6 is 23.2 Å². The zero-order chi connectivity index (χ0) is 27.4. The van der Waals surface area contributed by atoms with E-state index in [9.17, 15) is 18.3 Å². The van der Waals surface area contributed by atoms with E-state index in [0.717, 1.165) is 11.1 Å². The summed E-state index contributed by atoms with van der Waals surface area (Å²) in [6.45, 7) is 1.54. The first-order valence-electron chi connectivity index (χ1n) is 11.6. The Bertz CT molecular complexity index is 1460. The largest absolute Gasteiger partial charge is 0.391 e. The van der Waals surface area contributed by atoms with Gasteiger partial charge in [0, 0.05) is 16.0 Å². The number of carbonyl (C=O) groups is 1. The number of primary amides is 1. The molecule has 198 valence electrons. The summed E-state index contributed by atoms with van der Waals surface area (Å²) in [4.78, 5) is 12.0. The molecule has 3 atom stereocenters. The van der Waals surface area contributed by atoms with Gasteiger partial charge in [0.1, 0.15) is 6.04 Å². The summed E-state index contributed by atoms with van der Waals surface area (Å²) >= 11 is 12.0. The zero-order valence-electron chi connectivity index (χ0n) is 20.2. The van der Waals surface area contributed by atoms with Crippen LogP contribution < -0.4 is 11.1 Å². The van der Waals surface area contributed by atoms with Crippen LogP contribution in [-0.4, -0.2) is 54.8 Å². The van der Waals surface area contributed by atoms with Crippen LogP contribution in [0.25, 0.3) is 0 Å². The number of nitrogens with two attached hydrogens (primary N) is 1.